The van der Waals surface area contributed by atoms with Crippen LogP contribution in [0.4, 0.5) is 5.69 Å². The van der Waals surface area contributed by atoms with Gasteiger partial charge < -0.3 is 15.4 Å². The summed E-state index contributed by atoms with van der Waals surface area (Å²) in [7, 11) is 1.54. The van der Waals surface area contributed by atoms with E-state index in [0.29, 0.717) is 27.0 Å². The quantitative estimate of drug-likeness (QED) is 0.532. The Bertz CT molecular complexity index is 997. The van der Waals surface area contributed by atoms with Crippen LogP contribution < -0.4 is 15.4 Å². The van der Waals surface area contributed by atoms with Crippen LogP contribution in [-0.4, -0.2) is 35.6 Å². The third kappa shape index (κ3) is 5.96. The minimum atomic E-state index is -0.636. The maximum Gasteiger partial charge on any atom is 0.238 e. The van der Waals surface area contributed by atoms with E-state index in [2.05, 4.69) is 20.8 Å². The Morgan fingerprint density at radius 3 is 2.90 bits per heavy atom. The number of hydrogen-bond donors (Lipinski definition) is 2. The number of amides is 2. The predicted octanol–water partition coefficient (Wildman–Crippen LogP) is 3.95. The molecule has 7 nitrogen and oxygen atoms in total. The Hall–Kier alpha value is -2.55. The first kappa shape index (κ1) is 21.2. The molecule has 1 fully saturated rings. The molecule has 1 atom stereocenters. The second-order valence-corrected chi connectivity index (χ2v) is 7.93. The van der Waals surface area contributed by atoms with Gasteiger partial charge in [-0.1, -0.05) is 47.1 Å². The lowest BCUT2D eigenvalue weighted by Gasteiger charge is -2.21. The molecule has 2 N–H and O–H groups in total. The molecule has 1 saturated heterocycles. The van der Waals surface area contributed by atoms with Crippen molar-refractivity contribution >= 4 is 63.8 Å². The normalized spacial score (nSPS) is 18.0. The van der Waals surface area contributed by atoms with Crippen molar-refractivity contribution in [3.63, 3.8) is 0 Å². The zero-order chi connectivity index (χ0) is 20.8. The molecule has 0 aliphatic carbocycles. The van der Waals surface area contributed by atoms with E-state index in [1.165, 1.54) is 6.21 Å². The third-order valence-corrected chi connectivity index (χ3v) is 5.44. The number of nitrogens with zero attached hydrogens (tertiary/aromatic N) is 2. The predicted molar refractivity (Wildman–Crippen MR) is 117 cm³/mol. The number of nitrogens with one attached hydrogen (secondary N) is 2. The van der Waals surface area contributed by atoms with Gasteiger partial charge in [-0.25, -0.2) is 0 Å². The third-order valence-electron chi connectivity index (χ3n) is 3.81. The van der Waals surface area contributed by atoms with Gasteiger partial charge in [0.25, 0.3) is 0 Å². The average molecular weight is 451 g/mol. The van der Waals surface area contributed by atoms with Crippen molar-refractivity contribution in [3.8, 4) is 5.75 Å². The second-order valence-electron chi connectivity index (χ2n) is 5.90. The summed E-state index contributed by atoms with van der Waals surface area (Å²) in [4.78, 5) is 24.5. The summed E-state index contributed by atoms with van der Waals surface area (Å²) in [5, 5.41) is 13.8. The molecule has 150 valence electrons. The van der Waals surface area contributed by atoms with Crippen LogP contribution in [-0.2, 0) is 9.59 Å². The van der Waals surface area contributed by atoms with Crippen molar-refractivity contribution in [1.29, 1.82) is 0 Å². The van der Waals surface area contributed by atoms with Crippen molar-refractivity contribution in [1.82, 2.24) is 5.32 Å². The molecule has 3 rings (SSSR count). The van der Waals surface area contributed by atoms with Crippen LogP contribution in [0.3, 0.4) is 0 Å². The van der Waals surface area contributed by atoms with Crippen LogP contribution in [0, 0.1) is 0 Å². The van der Waals surface area contributed by atoms with Gasteiger partial charge in [-0.15, -0.1) is 5.10 Å². The number of thioether (sulfide) groups is 1. The summed E-state index contributed by atoms with van der Waals surface area (Å²) in [5.41, 5.74) is 1.20. The molecule has 0 aromatic heterocycles. The molecule has 1 heterocycles. The van der Waals surface area contributed by atoms with Gasteiger partial charge in [0.2, 0.25) is 11.8 Å². The van der Waals surface area contributed by atoms with Gasteiger partial charge in [0, 0.05) is 28.8 Å². The first-order valence-corrected chi connectivity index (χ1v) is 10.1. The van der Waals surface area contributed by atoms with E-state index < -0.39 is 5.25 Å². The van der Waals surface area contributed by atoms with Crippen molar-refractivity contribution in [3.05, 3.63) is 58.1 Å². The van der Waals surface area contributed by atoms with Crippen LogP contribution in [0.1, 0.15) is 12.0 Å². The molecule has 0 bridgehead atoms. The minimum Gasteiger partial charge on any atom is -0.497 e. The van der Waals surface area contributed by atoms with Crippen molar-refractivity contribution in [2.75, 3.05) is 12.4 Å². The Labute approximate surface area is 181 Å². The summed E-state index contributed by atoms with van der Waals surface area (Å²) in [5.74, 6) is -0.00200. The highest BCUT2D eigenvalue weighted by Gasteiger charge is 2.30. The molecule has 2 amide bonds. The number of anilines is 1. The number of carbonyl (C=O) groups is 2. The number of benzene rings is 2. The van der Waals surface area contributed by atoms with Gasteiger partial charge in [0.15, 0.2) is 5.17 Å². The van der Waals surface area contributed by atoms with Gasteiger partial charge in [-0.3, -0.25) is 9.59 Å². The van der Waals surface area contributed by atoms with Crippen LogP contribution in [0.5, 0.6) is 5.75 Å². The molecule has 1 unspecified atom stereocenters. The molecule has 1 aliphatic heterocycles. The zero-order valence-corrected chi connectivity index (χ0v) is 17.5. The van der Waals surface area contributed by atoms with Crippen molar-refractivity contribution in [2.24, 2.45) is 10.2 Å². The average Bonchev–Trinajstić information content (AvgIpc) is 2.69. The lowest BCUT2D eigenvalue weighted by molar-refractivity contribution is -0.123. The number of rotatable bonds is 5. The fraction of sp³-hybridized carbons (Fsp3) is 0.158. The van der Waals surface area contributed by atoms with E-state index >= 15 is 0 Å². The van der Waals surface area contributed by atoms with E-state index in [-0.39, 0.29) is 23.4 Å². The van der Waals surface area contributed by atoms with Crippen LogP contribution >= 0.6 is 35.0 Å². The Balaban J connectivity index is 1.67. The van der Waals surface area contributed by atoms with Crippen molar-refractivity contribution in [2.45, 2.75) is 11.7 Å². The molecular formula is C19H16Cl2N4O3S. The summed E-state index contributed by atoms with van der Waals surface area (Å²) in [6.07, 6.45) is 1.48. The van der Waals surface area contributed by atoms with Crippen LogP contribution in [0.2, 0.25) is 10.0 Å². The van der Waals surface area contributed by atoms with Gasteiger partial charge in [0.05, 0.1) is 18.3 Å². The Morgan fingerprint density at radius 1 is 1.31 bits per heavy atom. The molecule has 10 heteroatoms. The topological polar surface area (TPSA) is 92.1 Å². The summed E-state index contributed by atoms with van der Waals surface area (Å²) in [6.45, 7) is 0. The number of amidine groups is 1. The summed E-state index contributed by atoms with van der Waals surface area (Å²) < 4.78 is 5.14. The number of halogens is 2. The first-order valence-electron chi connectivity index (χ1n) is 8.42. The second kappa shape index (κ2) is 9.78. The molecule has 0 saturated carbocycles. The maximum atomic E-state index is 12.6. The van der Waals surface area contributed by atoms with E-state index in [1.807, 2.05) is 0 Å². The fourth-order valence-electron chi connectivity index (χ4n) is 2.41. The number of ether oxygens (including phenoxy) is 1. The minimum absolute atomic E-state index is 0.0339. The van der Waals surface area contributed by atoms with E-state index in [0.717, 1.165) is 11.8 Å². The van der Waals surface area contributed by atoms with Gasteiger partial charge in [0.1, 0.15) is 11.0 Å². The number of carbonyl (C=O) groups excluding carboxylic acids is 2. The molecule has 1 aliphatic rings. The van der Waals surface area contributed by atoms with Crippen molar-refractivity contribution < 1.29 is 14.3 Å². The smallest absolute Gasteiger partial charge is 0.238 e. The fourth-order valence-corrected chi connectivity index (χ4v) is 3.81. The Kier molecular flexibility index (Phi) is 7.13. The largest absolute Gasteiger partial charge is 0.497 e. The van der Waals surface area contributed by atoms with Crippen LogP contribution in [0.25, 0.3) is 0 Å². The highest BCUT2D eigenvalue weighted by atomic mass is 35.5. The lowest BCUT2D eigenvalue weighted by Crippen LogP contribution is -2.41. The SMILES string of the molecule is COc1cccc(NC(=O)C2CC(=O)NC(=NN=Cc3ccc(Cl)cc3Cl)S2)c1. The zero-order valence-electron chi connectivity index (χ0n) is 15.2. The summed E-state index contributed by atoms with van der Waals surface area (Å²) >= 11 is 13.1. The molecular weight excluding hydrogens is 435 g/mol. The molecule has 29 heavy (non-hydrogen) atoms. The van der Waals surface area contributed by atoms with E-state index in [9.17, 15) is 9.59 Å². The number of methoxy groups -OCH3 is 1. The van der Waals surface area contributed by atoms with E-state index in [1.54, 1.807) is 49.6 Å². The van der Waals surface area contributed by atoms with Gasteiger partial charge >= 0.3 is 0 Å². The Morgan fingerprint density at radius 2 is 2.14 bits per heavy atom. The lowest BCUT2D eigenvalue weighted by atomic mass is 10.2. The molecule has 2 aromatic carbocycles. The molecule has 2 aromatic rings. The summed E-state index contributed by atoms with van der Waals surface area (Å²) in [6, 6.07) is 11.9. The number of hydrogen-bond acceptors (Lipinski definition) is 6. The maximum absolute atomic E-state index is 12.6. The molecule has 0 spiro atoms. The van der Waals surface area contributed by atoms with Crippen LogP contribution in [0.15, 0.2) is 52.7 Å². The standard InChI is InChI=1S/C19H16Cl2N4O3S/c1-28-14-4-2-3-13(8-14)23-18(27)16-9-17(26)24-19(29-16)25-22-10-11-5-6-12(20)7-15(11)21/h2-8,10,16H,9H2,1H3,(H,23,27)(H,24,25,26). The van der Waals surface area contributed by atoms with E-state index in [4.69, 9.17) is 27.9 Å². The highest BCUT2D eigenvalue weighted by molar-refractivity contribution is 8.15. The first-order chi connectivity index (χ1) is 13.9. The van der Waals surface area contributed by atoms with Gasteiger partial charge in [-0.2, -0.15) is 5.10 Å². The van der Waals surface area contributed by atoms with Gasteiger partial charge in [-0.05, 0) is 24.3 Å². The highest BCUT2D eigenvalue weighted by Crippen LogP contribution is 2.24. The molecule has 0 radical (unpaired) electrons. The monoisotopic (exact) mass is 450 g/mol.